The molecule has 1 saturated heterocycles. The molecule has 29 heavy (non-hydrogen) atoms. The molecule has 0 spiro atoms. The lowest BCUT2D eigenvalue weighted by Crippen LogP contribution is -2.37. The highest BCUT2D eigenvalue weighted by atomic mass is 32.2. The number of nitrogens with one attached hydrogen (secondary N) is 1. The van der Waals surface area contributed by atoms with Crippen LogP contribution in [0, 0.1) is 16.0 Å². The first-order chi connectivity index (χ1) is 13.8. The molecule has 1 aliphatic heterocycles. The van der Waals surface area contributed by atoms with Crippen LogP contribution in [0.5, 0.6) is 0 Å². The summed E-state index contributed by atoms with van der Waals surface area (Å²) in [6.45, 7) is 3.14. The Kier molecular flexibility index (Phi) is 6.14. The molecule has 10 heteroatoms. The molecule has 0 atom stereocenters. The van der Waals surface area contributed by atoms with Crippen LogP contribution in [0.4, 0.5) is 11.6 Å². The number of nitro groups is 1. The van der Waals surface area contributed by atoms with Gasteiger partial charge in [-0.25, -0.2) is 8.42 Å². The van der Waals surface area contributed by atoms with E-state index in [1.807, 2.05) is 0 Å². The molecule has 2 aromatic rings. The van der Waals surface area contributed by atoms with Crippen molar-refractivity contribution < 1.29 is 22.6 Å². The average molecular weight is 419 g/mol. The highest BCUT2D eigenvalue weighted by molar-refractivity contribution is 7.89. The molecule has 1 amide bonds. The maximum atomic E-state index is 12.7. The fraction of sp³-hybridized carbons (Fsp3) is 0.316. The van der Waals surface area contributed by atoms with Crippen molar-refractivity contribution in [1.29, 1.82) is 0 Å². The van der Waals surface area contributed by atoms with Crippen molar-refractivity contribution in [1.82, 2.24) is 4.31 Å². The van der Waals surface area contributed by atoms with Gasteiger partial charge in [-0.2, -0.15) is 4.31 Å². The number of carbonyl (C=O) groups excluding carboxylic acids is 1. The zero-order valence-corrected chi connectivity index (χ0v) is 16.6. The number of furan rings is 1. The molecule has 0 aliphatic carbocycles. The lowest BCUT2D eigenvalue weighted by Gasteiger charge is -2.29. The Hall–Kier alpha value is -2.98. The lowest BCUT2D eigenvalue weighted by molar-refractivity contribution is -0.402. The summed E-state index contributed by atoms with van der Waals surface area (Å²) < 4.78 is 31.8. The van der Waals surface area contributed by atoms with Crippen LogP contribution < -0.4 is 5.32 Å². The third-order valence-corrected chi connectivity index (χ3v) is 6.61. The second kappa shape index (κ2) is 8.58. The molecule has 154 valence electrons. The Morgan fingerprint density at radius 2 is 1.86 bits per heavy atom. The summed E-state index contributed by atoms with van der Waals surface area (Å²) in [5.74, 6) is -0.196. The minimum atomic E-state index is -3.54. The van der Waals surface area contributed by atoms with Crippen molar-refractivity contribution in [2.45, 2.75) is 24.7 Å². The molecule has 0 unspecified atom stereocenters. The van der Waals surface area contributed by atoms with Crippen molar-refractivity contribution in [2.75, 3.05) is 18.4 Å². The summed E-state index contributed by atoms with van der Waals surface area (Å²) in [5.41, 5.74) is 0.427. The van der Waals surface area contributed by atoms with E-state index in [-0.39, 0.29) is 10.7 Å². The van der Waals surface area contributed by atoms with Crippen LogP contribution >= 0.6 is 0 Å². The quantitative estimate of drug-likeness (QED) is 0.435. The number of rotatable bonds is 6. The maximum Gasteiger partial charge on any atom is 0.433 e. The zero-order chi connectivity index (χ0) is 21.0. The van der Waals surface area contributed by atoms with Crippen molar-refractivity contribution in [2.24, 2.45) is 5.92 Å². The predicted molar refractivity (Wildman–Crippen MR) is 107 cm³/mol. The van der Waals surface area contributed by atoms with Gasteiger partial charge in [0.1, 0.15) is 10.7 Å². The third-order valence-electron chi connectivity index (χ3n) is 4.69. The first-order valence-corrected chi connectivity index (χ1v) is 10.5. The van der Waals surface area contributed by atoms with Gasteiger partial charge >= 0.3 is 5.88 Å². The summed E-state index contributed by atoms with van der Waals surface area (Å²) in [4.78, 5) is 22.1. The molecule has 9 nitrogen and oxygen atoms in total. The number of piperidine rings is 1. The van der Waals surface area contributed by atoms with Gasteiger partial charge in [0.25, 0.3) is 0 Å². The van der Waals surface area contributed by atoms with Crippen LogP contribution in [0.3, 0.4) is 0 Å². The number of hydrogen-bond donors (Lipinski definition) is 1. The van der Waals surface area contributed by atoms with Gasteiger partial charge in [0, 0.05) is 24.9 Å². The second-order valence-corrected chi connectivity index (χ2v) is 8.80. The van der Waals surface area contributed by atoms with Crippen LogP contribution in [-0.4, -0.2) is 36.6 Å². The van der Waals surface area contributed by atoms with Crippen LogP contribution in [0.25, 0.3) is 6.08 Å². The van der Waals surface area contributed by atoms with Crippen molar-refractivity contribution >= 4 is 33.6 Å². The number of benzene rings is 1. The Labute approximate surface area is 168 Å². The topological polar surface area (TPSA) is 123 Å². The molecule has 1 fully saturated rings. The van der Waals surface area contributed by atoms with Crippen molar-refractivity contribution in [3.05, 3.63) is 58.3 Å². The molecular formula is C19H21N3O6S. The first kappa shape index (κ1) is 20.7. The largest absolute Gasteiger partial charge is 0.433 e. The monoisotopic (exact) mass is 419 g/mol. The molecule has 1 N–H and O–H groups in total. The van der Waals surface area contributed by atoms with Crippen molar-refractivity contribution in [3.8, 4) is 0 Å². The van der Waals surface area contributed by atoms with Gasteiger partial charge in [-0.05, 0) is 55.2 Å². The van der Waals surface area contributed by atoms with E-state index in [2.05, 4.69) is 12.2 Å². The van der Waals surface area contributed by atoms with Gasteiger partial charge in [-0.3, -0.25) is 14.9 Å². The average Bonchev–Trinajstić information content (AvgIpc) is 3.17. The van der Waals surface area contributed by atoms with Crippen LogP contribution in [0.15, 0.2) is 51.8 Å². The zero-order valence-electron chi connectivity index (χ0n) is 15.8. The molecule has 1 aromatic heterocycles. The fourth-order valence-electron chi connectivity index (χ4n) is 2.96. The highest BCUT2D eigenvalue weighted by Gasteiger charge is 2.27. The molecule has 1 aliphatic rings. The fourth-order valence-corrected chi connectivity index (χ4v) is 4.43. The number of hydrogen-bond acceptors (Lipinski definition) is 6. The molecule has 0 saturated carbocycles. The first-order valence-electron chi connectivity index (χ1n) is 9.09. The highest BCUT2D eigenvalue weighted by Crippen LogP contribution is 2.24. The maximum absolute atomic E-state index is 12.7. The summed E-state index contributed by atoms with van der Waals surface area (Å²) in [5, 5.41) is 13.2. The molecule has 1 aromatic carbocycles. The standard InChI is InChI=1S/C19H21N3O6S/c1-14-10-12-21(13-11-14)29(26,27)17-6-2-15(3-7-17)20-18(23)8-4-16-5-9-19(28-16)22(24)25/h2-9,14H,10-13H2,1H3,(H,20,23)/b8-4+. The van der Waals surface area contributed by atoms with Gasteiger partial charge < -0.3 is 9.73 Å². The van der Waals surface area contributed by atoms with E-state index >= 15 is 0 Å². The Morgan fingerprint density at radius 3 is 2.45 bits per heavy atom. The van der Waals surface area contributed by atoms with Crippen LogP contribution in [0.1, 0.15) is 25.5 Å². The van der Waals surface area contributed by atoms with Gasteiger partial charge in [-0.1, -0.05) is 6.92 Å². The van der Waals surface area contributed by atoms with Gasteiger partial charge in [0.2, 0.25) is 15.9 Å². The van der Waals surface area contributed by atoms with Crippen LogP contribution in [-0.2, 0) is 14.8 Å². The van der Waals surface area contributed by atoms with Crippen LogP contribution in [0.2, 0.25) is 0 Å². The van der Waals surface area contributed by atoms with E-state index in [1.54, 1.807) is 0 Å². The van der Waals surface area contributed by atoms with E-state index in [4.69, 9.17) is 4.42 Å². The van der Waals surface area contributed by atoms with Gasteiger partial charge in [0.05, 0.1) is 11.0 Å². The van der Waals surface area contributed by atoms with Gasteiger partial charge in [0.15, 0.2) is 0 Å². The smallest absolute Gasteiger partial charge is 0.401 e. The van der Waals surface area contributed by atoms with E-state index < -0.39 is 26.7 Å². The Balaban J connectivity index is 1.61. The third kappa shape index (κ3) is 5.09. The summed E-state index contributed by atoms with van der Waals surface area (Å²) in [7, 11) is -3.54. The minimum absolute atomic E-state index is 0.171. The van der Waals surface area contributed by atoms with E-state index in [9.17, 15) is 23.3 Å². The summed E-state index contributed by atoms with van der Waals surface area (Å²) >= 11 is 0. The summed E-state index contributed by atoms with van der Waals surface area (Å²) in [6, 6.07) is 8.53. The molecular weight excluding hydrogens is 398 g/mol. The SMILES string of the molecule is CC1CCN(S(=O)(=O)c2ccc(NC(=O)/C=C/c3ccc([N+](=O)[O-])o3)cc2)CC1. The normalized spacial score (nSPS) is 16.2. The number of sulfonamides is 1. The van der Waals surface area contributed by atoms with E-state index in [0.29, 0.717) is 24.7 Å². The molecule has 0 bridgehead atoms. The molecule has 3 rings (SSSR count). The van der Waals surface area contributed by atoms with Gasteiger partial charge in [-0.15, -0.1) is 0 Å². The number of amides is 1. The Bertz CT molecular complexity index is 1020. The number of carbonyl (C=O) groups is 1. The lowest BCUT2D eigenvalue weighted by atomic mass is 10.0. The predicted octanol–water partition coefficient (Wildman–Crippen LogP) is 3.26. The molecule has 0 radical (unpaired) electrons. The van der Waals surface area contributed by atoms with E-state index in [1.165, 1.54) is 52.9 Å². The van der Waals surface area contributed by atoms with Crippen molar-refractivity contribution in [3.63, 3.8) is 0 Å². The van der Waals surface area contributed by atoms with E-state index in [0.717, 1.165) is 12.8 Å². The number of anilines is 1. The Morgan fingerprint density at radius 1 is 1.21 bits per heavy atom. The second-order valence-electron chi connectivity index (χ2n) is 6.87. The minimum Gasteiger partial charge on any atom is -0.401 e. The summed E-state index contributed by atoms with van der Waals surface area (Å²) in [6.07, 6.45) is 4.16. The molecule has 2 heterocycles. The number of nitrogens with zero attached hydrogens (tertiary/aromatic N) is 2.